The highest BCUT2D eigenvalue weighted by atomic mass is 19.1. The van der Waals surface area contributed by atoms with Crippen LogP contribution in [-0.2, 0) is 6.61 Å². The van der Waals surface area contributed by atoms with Crippen LogP contribution in [0, 0.1) is 17.2 Å². The molecular formula is C17H26FNO. The Bertz CT molecular complexity index is 453. The maximum absolute atomic E-state index is 13.8. The Kier molecular flexibility index (Phi) is 4.69. The molecule has 1 atom stereocenters. The highest BCUT2D eigenvalue weighted by Crippen LogP contribution is 2.36. The molecule has 0 radical (unpaired) electrons. The van der Waals surface area contributed by atoms with Gasteiger partial charge in [0.25, 0.3) is 0 Å². The van der Waals surface area contributed by atoms with Crippen LogP contribution < -0.4 is 4.90 Å². The monoisotopic (exact) mass is 279 g/mol. The highest BCUT2D eigenvalue weighted by molar-refractivity contribution is 5.54. The van der Waals surface area contributed by atoms with Gasteiger partial charge < -0.3 is 10.0 Å². The maximum atomic E-state index is 13.8. The number of rotatable bonds is 2. The van der Waals surface area contributed by atoms with Crippen molar-refractivity contribution in [1.82, 2.24) is 0 Å². The topological polar surface area (TPSA) is 23.5 Å². The second-order valence-electron chi connectivity index (χ2n) is 6.88. The number of benzene rings is 1. The fraction of sp³-hybridized carbons (Fsp3) is 0.647. The molecule has 0 aromatic heterocycles. The molecule has 1 heterocycles. The smallest absolute Gasteiger partial charge is 0.130 e. The van der Waals surface area contributed by atoms with E-state index in [4.69, 9.17) is 0 Å². The SMILES string of the molecule is CC(C)(C)C1CCCN(c2cccc(F)c2CO)CC1. The van der Waals surface area contributed by atoms with Gasteiger partial charge in [0.15, 0.2) is 0 Å². The Morgan fingerprint density at radius 3 is 2.65 bits per heavy atom. The summed E-state index contributed by atoms with van der Waals surface area (Å²) in [5.74, 6) is 0.403. The van der Waals surface area contributed by atoms with Gasteiger partial charge in [-0.1, -0.05) is 26.8 Å². The summed E-state index contributed by atoms with van der Waals surface area (Å²) in [6, 6.07) is 5.08. The average molecular weight is 279 g/mol. The van der Waals surface area contributed by atoms with E-state index in [1.165, 1.54) is 12.5 Å². The van der Waals surface area contributed by atoms with Gasteiger partial charge in [0.1, 0.15) is 5.82 Å². The van der Waals surface area contributed by atoms with Crippen LogP contribution in [0.5, 0.6) is 0 Å². The van der Waals surface area contributed by atoms with E-state index in [1.807, 2.05) is 6.07 Å². The van der Waals surface area contributed by atoms with Gasteiger partial charge >= 0.3 is 0 Å². The highest BCUT2D eigenvalue weighted by Gasteiger charge is 2.27. The second kappa shape index (κ2) is 6.13. The predicted octanol–water partition coefficient (Wildman–Crippen LogP) is 3.97. The molecule has 1 aromatic carbocycles. The number of nitrogens with zero attached hydrogens (tertiary/aromatic N) is 1. The summed E-state index contributed by atoms with van der Waals surface area (Å²) in [5.41, 5.74) is 1.63. The molecular weight excluding hydrogens is 253 g/mol. The molecule has 20 heavy (non-hydrogen) atoms. The van der Waals surface area contributed by atoms with Crippen molar-refractivity contribution in [2.75, 3.05) is 18.0 Å². The maximum Gasteiger partial charge on any atom is 0.130 e. The molecule has 1 N–H and O–H groups in total. The van der Waals surface area contributed by atoms with Gasteiger partial charge in [-0.15, -0.1) is 0 Å². The van der Waals surface area contributed by atoms with E-state index >= 15 is 0 Å². The third kappa shape index (κ3) is 3.32. The summed E-state index contributed by atoms with van der Waals surface area (Å²) in [6.45, 7) is 8.56. The fourth-order valence-corrected chi connectivity index (χ4v) is 3.20. The largest absolute Gasteiger partial charge is 0.391 e. The lowest BCUT2D eigenvalue weighted by atomic mass is 9.77. The predicted molar refractivity (Wildman–Crippen MR) is 81.3 cm³/mol. The Hall–Kier alpha value is -1.09. The fourth-order valence-electron chi connectivity index (χ4n) is 3.20. The van der Waals surface area contributed by atoms with Crippen molar-refractivity contribution in [2.24, 2.45) is 11.3 Å². The molecule has 1 fully saturated rings. The molecule has 0 bridgehead atoms. The minimum absolute atomic E-state index is 0.235. The normalized spacial score (nSPS) is 20.9. The molecule has 2 rings (SSSR count). The van der Waals surface area contributed by atoms with E-state index < -0.39 is 0 Å². The number of aliphatic hydroxyl groups is 1. The third-order valence-electron chi connectivity index (χ3n) is 4.55. The molecule has 1 aromatic rings. The van der Waals surface area contributed by atoms with E-state index in [-0.39, 0.29) is 12.4 Å². The summed E-state index contributed by atoms with van der Waals surface area (Å²) < 4.78 is 13.8. The van der Waals surface area contributed by atoms with E-state index in [2.05, 4.69) is 25.7 Å². The van der Waals surface area contributed by atoms with Crippen molar-refractivity contribution in [3.8, 4) is 0 Å². The lowest BCUT2D eigenvalue weighted by Gasteiger charge is -2.30. The van der Waals surface area contributed by atoms with E-state index in [0.29, 0.717) is 16.9 Å². The first-order valence-corrected chi connectivity index (χ1v) is 7.56. The van der Waals surface area contributed by atoms with Crippen molar-refractivity contribution in [1.29, 1.82) is 0 Å². The zero-order chi connectivity index (χ0) is 14.8. The Balaban J connectivity index is 2.17. The van der Waals surface area contributed by atoms with Crippen molar-refractivity contribution in [3.63, 3.8) is 0 Å². The zero-order valence-electron chi connectivity index (χ0n) is 12.8. The first kappa shape index (κ1) is 15.3. The first-order chi connectivity index (χ1) is 9.43. The van der Waals surface area contributed by atoms with Gasteiger partial charge in [-0.05, 0) is 42.7 Å². The molecule has 2 nitrogen and oxygen atoms in total. The molecule has 0 saturated carbocycles. The number of anilines is 1. The number of aliphatic hydroxyl groups excluding tert-OH is 1. The van der Waals surface area contributed by atoms with Crippen molar-refractivity contribution in [2.45, 2.75) is 46.6 Å². The second-order valence-corrected chi connectivity index (χ2v) is 6.88. The van der Waals surface area contributed by atoms with Gasteiger partial charge in [-0.3, -0.25) is 0 Å². The number of hydrogen-bond acceptors (Lipinski definition) is 2. The van der Waals surface area contributed by atoms with Crippen molar-refractivity contribution >= 4 is 5.69 Å². The molecule has 1 saturated heterocycles. The first-order valence-electron chi connectivity index (χ1n) is 7.56. The molecule has 3 heteroatoms. The molecule has 0 spiro atoms. The summed E-state index contributed by atoms with van der Waals surface area (Å²) >= 11 is 0. The van der Waals surface area contributed by atoms with Crippen LogP contribution in [-0.4, -0.2) is 18.2 Å². The lowest BCUT2D eigenvalue weighted by Crippen LogP contribution is -2.27. The Labute approximate surface area is 121 Å². The molecule has 112 valence electrons. The van der Waals surface area contributed by atoms with Crippen LogP contribution in [0.2, 0.25) is 0 Å². The number of halogens is 1. The minimum atomic E-state index is -0.304. The van der Waals surface area contributed by atoms with Gasteiger partial charge in [0.05, 0.1) is 6.61 Å². The summed E-state index contributed by atoms with van der Waals surface area (Å²) in [6.07, 6.45) is 3.48. The van der Waals surface area contributed by atoms with Gasteiger partial charge in [-0.2, -0.15) is 0 Å². The summed E-state index contributed by atoms with van der Waals surface area (Å²) in [7, 11) is 0. The Morgan fingerprint density at radius 2 is 2.00 bits per heavy atom. The van der Waals surface area contributed by atoms with Crippen LogP contribution in [0.25, 0.3) is 0 Å². The third-order valence-corrected chi connectivity index (χ3v) is 4.55. The Morgan fingerprint density at radius 1 is 1.25 bits per heavy atom. The molecule has 1 aliphatic heterocycles. The standard InChI is InChI=1S/C17H26FNO/c1-17(2,3)13-6-5-10-19(11-9-13)16-8-4-7-15(18)14(16)12-20/h4,7-8,13,20H,5-6,9-12H2,1-3H3. The molecule has 1 unspecified atom stereocenters. The summed E-state index contributed by atoms with van der Waals surface area (Å²) in [4.78, 5) is 2.24. The molecule has 1 aliphatic rings. The zero-order valence-corrected chi connectivity index (χ0v) is 12.8. The van der Waals surface area contributed by atoms with Gasteiger partial charge in [0, 0.05) is 24.3 Å². The molecule has 0 aliphatic carbocycles. The van der Waals surface area contributed by atoms with E-state index in [9.17, 15) is 9.50 Å². The van der Waals surface area contributed by atoms with Crippen LogP contribution in [0.3, 0.4) is 0 Å². The number of hydrogen-bond donors (Lipinski definition) is 1. The minimum Gasteiger partial charge on any atom is -0.391 e. The lowest BCUT2D eigenvalue weighted by molar-refractivity contribution is 0.220. The van der Waals surface area contributed by atoms with Gasteiger partial charge in [-0.25, -0.2) is 4.39 Å². The van der Waals surface area contributed by atoms with E-state index in [0.717, 1.165) is 31.6 Å². The average Bonchev–Trinajstić information content (AvgIpc) is 2.63. The van der Waals surface area contributed by atoms with Crippen LogP contribution in [0.4, 0.5) is 10.1 Å². The van der Waals surface area contributed by atoms with E-state index in [1.54, 1.807) is 6.07 Å². The van der Waals surface area contributed by atoms with Crippen LogP contribution >= 0.6 is 0 Å². The van der Waals surface area contributed by atoms with Crippen molar-refractivity contribution < 1.29 is 9.50 Å². The van der Waals surface area contributed by atoms with Gasteiger partial charge in [0.2, 0.25) is 0 Å². The van der Waals surface area contributed by atoms with Crippen LogP contribution in [0.1, 0.15) is 45.6 Å². The van der Waals surface area contributed by atoms with Crippen LogP contribution in [0.15, 0.2) is 18.2 Å². The summed E-state index contributed by atoms with van der Waals surface area (Å²) in [5, 5.41) is 9.41. The molecule has 0 amide bonds. The quantitative estimate of drug-likeness (QED) is 0.885. The van der Waals surface area contributed by atoms with Crippen molar-refractivity contribution in [3.05, 3.63) is 29.6 Å².